The molecule has 3 rings (SSSR count). The molecule has 1 amide bonds. The highest BCUT2D eigenvalue weighted by atomic mass is 16.2. The Labute approximate surface area is 135 Å². The molecule has 0 atom stereocenters. The van der Waals surface area contributed by atoms with Crippen LogP contribution in [0.25, 0.3) is 10.9 Å². The molecule has 0 spiro atoms. The molecule has 5 heteroatoms. The highest BCUT2D eigenvalue weighted by molar-refractivity contribution is 6.05. The summed E-state index contributed by atoms with van der Waals surface area (Å²) < 4.78 is 1.89. The number of fused-ring (bicyclic) bond motifs is 1. The maximum absolute atomic E-state index is 12.1. The number of Topliss-reactive ketones (excluding diaryl/α,β-unsaturated/α-hetero) is 1. The molecule has 0 saturated heterocycles. The lowest BCUT2D eigenvalue weighted by molar-refractivity contribution is -0.122. The molecule has 23 heavy (non-hydrogen) atoms. The second kappa shape index (κ2) is 5.99. The number of ketones is 1. The van der Waals surface area contributed by atoms with Gasteiger partial charge in [0.25, 0.3) is 5.91 Å². The van der Waals surface area contributed by atoms with Gasteiger partial charge in [-0.2, -0.15) is 5.10 Å². The zero-order valence-electron chi connectivity index (χ0n) is 13.5. The van der Waals surface area contributed by atoms with E-state index in [9.17, 15) is 9.59 Å². The van der Waals surface area contributed by atoms with E-state index in [1.807, 2.05) is 54.9 Å². The number of carbonyl (C=O) groups excluding carboxylic acids is 2. The molecule has 5 nitrogen and oxygen atoms in total. The summed E-state index contributed by atoms with van der Waals surface area (Å²) in [5.41, 5.74) is 4.29. The average Bonchev–Trinajstić information content (AvgIpc) is 2.86. The Morgan fingerprint density at radius 3 is 2.83 bits per heavy atom. The Bertz CT molecular complexity index is 786. The van der Waals surface area contributed by atoms with Crippen LogP contribution >= 0.6 is 0 Å². The molecule has 1 saturated carbocycles. The Hall–Kier alpha value is -2.43. The van der Waals surface area contributed by atoms with Gasteiger partial charge in [-0.15, -0.1) is 0 Å². The van der Waals surface area contributed by atoms with Crippen molar-refractivity contribution in [1.29, 1.82) is 0 Å². The Kier molecular flexibility index (Phi) is 4.03. The Morgan fingerprint density at radius 2 is 2.04 bits per heavy atom. The summed E-state index contributed by atoms with van der Waals surface area (Å²) in [5.74, 6) is 0.000309. The van der Waals surface area contributed by atoms with Gasteiger partial charge in [-0.3, -0.25) is 9.59 Å². The van der Waals surface area contributed by atoms with Gasteiger partial charge >= 0.3 is 0 Å². The minimum Gasteiger partial charge on any atom is -0.338 e. The van der Waals surface area contributed by atoms with Gasteiger partial charge in [0.1, 0.15) is 12.3 Å². The normalized spacial score (nSPS) is 19.2. The van der Waals surface area contributed by atoms with E-state index in [2.05, 4.69) is 10.5 Å². The topological polar surface area (TPSA) is 63.5 Å². The summed E-state index contributed by atoms with van der Waals surface area (Å²) >= 11 is 0. The lowest BCUT2D eigenvalue weighted by Gasteiger charge is -2.29. The molecule has 0 aliphatic heterocycles. The summed E-state index contributed by atoms with van der Waals surface area (Å²) in [4.78, 5) is 23.9. The summed E-state index contributed by atoms with van der Waals surface area (Å²) in [5, 5.41) is 5.28. The van der Waals surface area contributed by atoms with Gasteiger partial charge in [-0.05, 0) is 29.4 Å². The lowest BCUT2D eigenvalue weighted by Crippen LogP contribution is -2.31. The number of carbonyl (C=O) groups is 2. The van der Waals surface area contributed by atoms with Gasteiger partial charge in [0.2, 0.25) is 0 Å². The molecule has 0 radical (unpaired) electrons. The van der Waals surface area contributed by atoms with Gasteiger partial charge in [-0.25, -0.2) is 5.43 Å². The second-order valence-electron chi connectivity index (χ2n) is 6.95. The fourth-order valence-corrected chi connectivity index (χ4v) is 3.19. The van der Waals surface area contributed by atoms with Crippen LogP contribution in [0.5, 0.6) is 0 Å². The second-order valence-corrected chi connectivity index (χ2v) is 6.95. The number of para-hydroxylation sites is 1. The average molecular weight is 311 g/mol. The van der Waals surface area contributed by atoms with Crippen LogP contribution in [-0.2, 0) is 16.1 Å². The molecular weight excluding hydrogens is 290 g/mol. The number of hydrogen-bond donors (Lipinski definition) is 1. The third-order valence-electron chi connectivity index (χ3n) is 4.09. The first-order chi connectivity index (χ1) is 10.9. The molecule has 2 aromatic rings. The highest BCUT2D eigenvalue weighted by Crippen LogP contribution is 2.31. The Morgan fingerprint density at radius 1 is 1.26 bits per heavy atom. The van der Waals surface area contributed by atoms with E-state index in [-0.39, 0.29) is 23.7 Å². The van der Waals surface area contributed by atoms with Crippen molar-refractivity contribution in [2.45, 2.75) is 39.7 Å². The molecule has 1 N–H and O–H groups in total. The van der Waals surface area contributed by atoms with Crippen molar-refractivity contribution in [3.05, 3.63) is 36.5 Å². The van der Waals surface area contributed by atoms with Crippen molar-refractivity contribution in [3.63, 3.8) is 0 Å². The molecule has 1 aliphatic carbocycles. The minimum absolute atomic E-state index is 0.0739. The number of hydrazone groups is 1. The van der Waals surface area contributed by atoms with E-state index < -0.39 is 0 Å². The van der Waals surface area contributed by atoms with Gasteiger partial charge in [0, 0.05) is 30.3 Å². The zero-order chi connectivity index (χ0) is 16.4. The summed E-state index contributed by atoms with van der Waals surface area (Å²) in [6.45, 7) is 4.31. The van der Waals surface area contributed by atoms with Crippen LogP contribution in [0.3, 0.4) is 0 Å². The first-order valence-corrected chi connectivity index (χ1v) is 7.83. The van der Waals surface area contributed by atoms with Crippen molar-refractivity contribution < 1.29 is 9.59 Å². The highest BCUT2D eigenvalue weighted by Gasteiger charge is 2.30. The SMILES string of the molecule is CC1(C)CC(=O)C/C(=N\NC(=O)Cn2ccc3ccccc32)C1. The summed E-state index contributed by atoms with van der Waals surface area (Å²) in [7, 11) is 0. The fraction of sp³-hybridized carbons (Fsp3) is 0.389. The molecule has 120 valence electrons. The van der Waals surface area contributed by atoms with Crippen molar-refractivity contribution in [2.75, 3.05) is 0 Å². The first-order valence-electron chi connectivity index (χ1n) is 7.83. The monoisotopic (exact) mass is 311 g/mol. The number of amides is 1. The maximum Gasteiger partial charge on any atom is 0.259 e. The van der Waals surface area contributed by atoms with E-state index >= 15 is 0 Å². The van der Waals surface area contributed by atoms with Crippen LogP contribution in [0, 0.1) is 5.41 Å². The number of hydrogen-bond acceptors (Lipinski definition) is 3. The van der Waals surface area contributed by atoms with E-state index in [1.54, 1.807) is 0 Å². The van der Waals surface area contributed by atoms with Gasteiger partial charge in [0.05, 0.1) is 0 Å². The number of nitrogens with one attached hydrogen (secondary N) is 1. The number of benzene rings is 1. The maximum atomic E-state index is 12.1. The zero-order valence-corrected chi connectivity index (χ0v) is 13.5. The first kappa shape index (κ1) is 15.5. The van der Waals surface area contributed by atoms with Crippen molar-refractivity contribution in [3.8, 4) is 0 Å². The van der Waals surface area contributed by atoms with Crippen LogP contribution in [0.4, 0.5) is 0 Å². The number of nitrogens with zero attached hydrogens (tertiary/aromatic N) is 2. The molecule has 1 heterocycles. The molecule has 1 fully saturated rings. The lowest BCUT2D eigenvalue weighted by atomic mass is 9.76. The molecule has 0 unspecified atom stereocenters. The molecular formula is C18H21N3O2. The van der Waals surface area contributed by atoms with Crippen molar-refractivity contribution in [2.24, 2.45) is 10.5 Å². The standard InChI is InChI=1S/C18H21N3O2/c1-18(2)10-14(9-15(22)11-18)19-20-17(23)12-21-8-7-13-5-3-4-6-16(13)21/h3-8H,9-12H2,1-2H3,(H,20,23)/b19-14+. The van der Waals surface area contributed by atoms with Crippen LogP contribution in [0.15, 0.2) is 41.6 Å². The van der Waals surface area contributed by atoms with Gasteiger partial charge in [0.15, 0.2) is 0 Å². The van der Waals surface area contributed by atoms with Crippen LogP contribution in [0.1, 0.15) is 33.1 Å². The molecule has 1 aliphatic rings. The minimum atomic E-state index is -0.185. The van der Waals surface area contributed by atoms with Gasteiger partial charge in [-0.1, -0.05) is 32.0 Å². The number of aromatic nitrogens is 1. The van der Waals surface area contributed by atoms with E-state index in [1.165, 1.54) is 0 Å². The quantitative estimate of drug-likeness (QED) is 0.886. The Balaban J connectivity index is 1.65. The molecule has 1 aromatic carbocycles. The molecule has 1 aromatic heterocycles. The third kappa shape index (κ3) is 3.67. The summed E-state index contributed by atoms with van der Waals surface area (Å²) in [6.07, 6.45) is 3.56. The smallest absolute Gasteiger partial charge is 0.259 e. The van der Waals surface area contributed by atoms with Crippen LogP contribution in [-0.4, -0.2) is 22.0 Å². The van der Waals surface area contributed by atoms with E-state index in [4.69, 9.17) is 0 Å². The van der Waals surface area contributed by atoms with Gasteiger partial charge < -0.3 is 4.57 Å². The summed E-state index contributed by atoms with van der Waals surface area (Å²) in [6, 6.07) is 9.90. The van der Waals surface area contributed by atoms with Crippen molar-refractivity contribution in [1.82, 2.24) is 9.99 Å². The van der Waals surface area contributed by atoms with Crippen LogP contribution < -0.4 is 5.43 Å². The fourth-order valence-electron chi connectivity index (χ4n) is 3.19. The van der Waals surface area contributed by atoms with Crippen LogP contribution in [0.2, 0.25) is 0 Å². The third-order valence-corrected chi connectivity index (χ3v) is 4.09. The van der Waals surface area contributed by atoms with E-state index in [0.29, 0.717) is 12.8 Å². The predicted molar refractivity (Wildman–Crippen MR) is 90.2 cm³/mol. The number of rotatable bonds is 3. The largest absolute Gasteiger partial charge is 0.338 e. The predicted octanol–water partition coefficient (Wildman–Crippen LogP) is 2.89. The van der Waals surface area contributed by atoms with Crippen molar-refractivity contribution >= 4 is 28.3 Å². The van der Waals surface area contributed by atoms with E-state index in [0.717, 1.165) is 23.0 Å². The molecule has 0 bridgehead atoms.